The zero-order valence-corrected chi connectivity index (χ0v) is 18.9. The smallest absolute Gasteiger partial charge is 0.410 e. The molecule has 162 valence electrons. The van der Waals surface area contributed by atoms with Gasteiger partial charge in [-0.1, -0.05) is 30.3 Å². The SMILES string of the molecule is CCOC(=O)c1cc(-c2ccccc2)sc1NC1CCN(C(=O)OC(C)(C)C)CC1. The lowest BCUT2D eigenvalue weighted by molar-refractivity contribution is 0.0210. The van der Waals surface area contributed by atoms with Crippen LogP contribution in [0.3, 0.4) is 0 Å². The van der Waals surface area contributed by atoms with Crippen molar-refractivity contribution in [2.45, 2.75) is 52.2 Å². The van der Waals surface area contributed by atoms with Crippen molar-refractivity contribution in [2.24, 2.45) is 0 Å². The summed E-state index contributed by atoms with van der Waals surface area (Å²) >= 11 is 1.56. The van der Waals surface area contributed by atoms with E-state index in [0.717, 1.165) is 28.3 Å². The summed E-state index contributed by atoms with van der Waals surface area (Å²) in [5.74, 6) is -0.315. The molecule has 1 aromatic carbocycles. The van der Waals surface area contributed by atoms with Crippen molar-refractivity contribution in [1.82, 2.24) is 4.90 Å². The van der Waals surface area contributed by atoms with Crippen LogP contribution in [0.4, 0.5) is 9.80 Å². The molecule has 6 nitrogen and oxygen atoms in total. The number of benzene rings is 1. The van der Waals surface area contributed by atoms with Crippen LogP contribution in [-0.2, 0) is 9.47 Å². The molecule has 2 aromatic rings. The van der Waals surface area contributed by atoms with Gasteiger partial charge in [-0.15, -0.1) is 11.3 Å². The third-order valence-corrected chi connectivity index (χ3v) is 5.88. The zero-order chi connectivity index (χ0) is 21.7. The minimum absolute atomic E-state index is 0.180. The largest absolute Gasteiger partial charge is 0.462 e. The molecule has 30 heavy (non-hydrogen) atoms. The molecule has 1 N–H and O–H groups in total. The second-order valence-corrected chi connectivity index (χ2v) is 9.38. The highest BCUT2D eigenvalue weighted by atomic mass is 32.1. The highest BCUT2D eigenvalue weighted by Crippen LogP contribution is 2.37. The summed E-state index contributed by atoms with van der Waals surface area (Å²) in [6.45, 7) is 9.01. The second-order valence-electron chi connectivity index (χ2n) is 8.33. The quantitative estimate of drug-likeness (QED) is 0.643. The van der Waals surface area contributed by atoms with E-state index < -0.39 is 5.60 Å². The van der Waals surface area contributed by atoms with Crippen LogP contribution in [-0.4, -0.2) is 48.3 Å². The Morgan fingerprint density at radius 3 is 2.43 bits per heavy atom. The van der Waals surface area contributed by atoms with Gasteiger partial charge in [0, 0.05) is 24.0 Å². The summed E-state index contributed by atoms with van der Waals surface area (Å²) in [4.78, 5) is 27.5. The Labute approximate surface area is 182 Å². The van der Waals surface area contributed by atoms with E-state index in [2.05, 4.69) is 5.32 Å². The molecule has 3 rings (SSSR count). The zero-order valence-electron chi connectivity index (χ0n) is 18.1. The number of piperidine rings is 1. The monoisotopic (exact) mass is 430 g/mol. The van der Waals surface area contributed by atoms with E-state index in [-0.39, 0.29) is 18.1 Å². The van der Waals surface area contributed by atoms with E-state index in [1.54, 1.807) is 16.2 Å². The lowest BCUT2D eigenvalue weighted by Crippen LogP contribution is -2.44. The predicted octanol–water partition coefficient (Wildman–Crippen LogP) is 5.40. The summed E-state index contributed by atoms with van der Waals surface area (Å²) in [7, 11) is 0. The molecule has 2 heterocycles. The number of hydrogen-bond acceptors (Lipinski definition) is 6. The molecule has 0 aliphatic carbocycles. The number of rotatable bonds is 5. The maximum atomic E-state index is 12.5. The summed E-state index contributed by atoms with van der Waals surface area (Å²) in [6.07, 6.45) is 1.32. The number of amides is 1. The van der Waals surface area contributed by atoms with E-state index in [0.29, 0.717) is 25.3 Å². The highest BCUT2D eigenvalue weighted by molar-refractivity contribution is 7.19. The number of likely N-dealkylation sites (tertiary alicyclic amines) is 1. The topological polar surface area (TPSA) is 67.9 Å². The molecule has 0 spiro atoms. The molecule has 0 unspecified atom stereocenters. The number of nitrogens with one attached hydrogen (secondary N) is 1. The van der Waals surface area contributed by atoms with Crippen molar-refractivity contribution < 1.29 is 19.1 Å². The first kappa shape index (κ1) is 22.2. The highest BCUT2D eigenvalue weighted by Gasteiger charge is 2.28. The normalized spacial score (nSPS) is 15.0. The molecule has 0 bridgehead atoms. The Kier molecular flexibility index (Phi) is 7.02. The van der Waals surface area contributed by atoms with Gasteiger partial charge in [0.2, 0.25) is 0 Å². The van der Waals surface area contributed by atoms with Crippen molar-refractivity contribution in [3.8, 4) is 10.4 Å². The number of hydrogen-bond donors (Lipinski definition) is 1. The molecule has 1 aliphatic rings. The molecular weight excluding hydrogens is 400 g/mol. The van der Waals surface area contributed by atoms with Gasteiger partial charge in [-0.25, -0.2) is 9.59 Å². The first-order chi connectivity index (χ1) is 14.3. The van der Waals surface area contributed by atoms with Crippen molar-refractivity contribution in [3.05, 3.63) is 42.0 Å². The number of thiophene rings is 1. The summed E-state index contributed by atoms with van der Waals surface area (Å²) in [5, 5.41) is 4.35. The average molecular weight is 431 g/mol. The van der Waals surface area contributed by atoms with E-state index >= 15 is 0 Å². The van der Waals surface area contributed by atoms with Crippen LogP contribution >= 0.6 is 11.3 Å². The van der Waals surface area contributed by atoms with Gasteiger partial charge in [0.25, 0.3) is 0 Å². The molecule has 7 heteroatoms. The third-order valence-electron chi connectivity index (χ3n) is 4.77. The van der Waals surface area contributed by atoms with Crippen LogP contribution < -0.4 is 5.32 Å². The Bertz CT molecular complexity index is 865. The number of anilines is 1. The van der Waals surface area contributed by atoms with Gasteiger partial charge < -0.3 is 19.7 Å². The Morgan fingerprint density at radius 1 is 1.17 bits per heavy atom. The fraction of sp³-hybridized carbons (Fsp3) is 0.478. The summed E-state index contributed by atoms with van der Waals surface area (Å²) in [5.41, 5.74) is 1.14. The molecule has 0 radical (unpaired) electrons. The fourth-order valence-electron chi connectivity index (χ4n) is 3.32. The fourth-order valence-corrected chi connectivity index (χ4v) is 4.45. The average Bonchev–Trinajstić information content (AvgIpc) is 3.12. The second kappa shape index (κ2) is 9.51. The van der Waals surface area contributed by atoms with Crippen LogP contribution in [0.25, 0.3) is 10.4 Å². The van der Waals surface area contributed by atoms with Crippen LogP contribution in [0.5, 0.6) is 0 Å². The van der Waals surface area contributed by atoms with E-state index in [1.807, 2.05) is 64.1 Å². The van der Waals surface area contributed by atoms with Gasteiger partial charge in [0.1, 0.15) is 10.6 Å². The maximum Gasteiger partial charge on any atom is 0.410 e. The Balaban J connectivity index is 1.69. The van der Waals surface area contributed by atoms with Crippen molar-refractivity contribution in [1.29, 1.82) is 0 Å². The van der Waals surface area contributed by atoms with Gasteiger partial charge in [-0.05, 0) is 52.2 Å². The van der Waals surface area contributed by atoms with Gasteiger partial charge >= 0.3 is 12.1 Å². The number of ether oxygens (including phenoxy) is 2. The molecular formula is C23H30N2O4S. The molecule has 1 amide bonds. The first-order valence-electron chi connectivity index (χ1n) is 10.4. The number of carbonyl (C=O) groups is 2. The van der Waals surface area contributed by atoms with Crippen LogP contribution in [0.1, 0.15) is 50.9 Å². The molecule has 0 saturated carbocycles. The van der Waals surface area contributed by atoms with Gasteiger partial charge in [0.15, 0.2) is 0 Å². The minimum Gasteiger partial charge on any atom is -0.462 e. The standard InChI is InChI=1S/C23H30N2O4S/c1-5-28-21(26)18-15-19(16-9-7-6-8-10-16)30-20(18)24-17-11-13-25(14-12-17)22(27)29-23(2,3)4/h6-10,15,17,24H,5,11-14H2,1-4H3. The van der Waals surface area contributed by atoms with E-state index in [4.69, 9.17) is 9.47 Å². The lowest BCUT2D eigenvalue weighted by atomic mass is 10.1. The van der Waals surface area contributed by atoms with Crippen LogP contribution in [0.15, 0.2) is 36.4 Å². The van der Waals surface area contributed by atoms with Gasteiger partial charge in [-0.2, -0.15) is 0 Å². The summed E-state index contributed by atoms with van der Waals surface area (Å²) < 4.78 is 10.7. The minimum atomic E-state index is -0.495. The summed E-state index contributed by atoms with van der Waals surface area (Å²) in [6, 6.07) is 12.1. The first-order valence-corrected chi connectivity index (χ1v) is 11.2. The Hall–Kier alpha value is -2.54. The van der Waals surface area contributed by atoms with Crippen molar-refractivity contribution in [2.75, 3.05) is 25.0 Å². The molecule has 1 aliphatic heterocycles. The van der Waals surface area contributed by atoms with Crippen molar-refractivity contribution in [3.63, 3.8) is 0 Å². The molecule has 1 fully saturated rings. The third kappa shape index (κ3) is 5.75. The molecule has 1 saturated heterocycles. The van der Waals surface area contributed by atoms with Crippen molar-refractivity contribution >= 4 is 28.4 Å². The predicted molar refractivity (Wildman–Crippen MR) is 120 cm³/mol. The lowest BCUT2D eigenvalue weighted by Gasteiger charge is -2.34. The van der Waals surface area contributed by atoms with E-state index in [1.165, 1.54) is 0 Å². The van der Waals surface area contributed by atoms with Crippen LogP contribution in [0.2, 0.25) is 0 Å². The Morgan fingerprint density at radius 2 is 1.83 bits per heavy atom. The number of nitrogens with zero attached hydrogens (tertiary/aromatic N) is 1. The molecule has 1 aromatic heterocycles. The number of esters is 1. The van der Waals surface area contributed by atoms with Gasteiger partial charge in [-0.3, -0.25) is 0 Å². The van der Waals surface area contributed by atoms with Gasteiger partial charge in [0.05, 0.1) is 12.2 Å². The maximum absolute atomic E-state index is 12.5. The van der Waals surface area contributed by atoms with E-state index in [9.17, 15) is 9.59 Å². The van der Waals surface area contributed by atoms with Crippen LogP contribution in [0, 0.1) is 0 Å². The number of carbonyl (C=O) groups excluding carboxylic acids is 2. The molecule has 0 atom stereocenters.